The highest BCUT2D eigenvalue weighted by Gasteiger charge is 2.09. The minimum atomic E-state index is -0.338. The quantitative estimate of drug-likeness (QED) is 0.712. The molecule has 1 amide bonds. The van der Waals surface area contributed by atoms with Gasteiger partial charge in [-0.15, -0.1) is 0 Å². The number of carbonyl (C=O) groups is 1. The highest BCUT2D eigenvalue weighted by atomic mass is 16.2. The van der Waals surface area contributed by atoms with Crippen LogP contribution in [-0.2, 0) is 6.42 Å². The van der Waals surface area contributed by atoms with Crippen LogP contribution in [0.5, 0.6) is 0 Å². The number of hydrogen-bond donors (Lipinski definition) is 3. The van der Waals surface area contributed by atoms with Gasteiger partial charge in [0.05, 0.1) is 6.20 Å². The Hall–Kier alpha value is -2.37. The number of H-pyrrole nitrogens is 2. The third-order valence-electron chi connectivity index (χ3n) is 3.14. The molecule has 2 aromatic heterocycles. The van der Waals surface area contributed by atoms with Gasteiger partial charge in [0.15, 0.2) is 5.43 Å². The summed E-state index contributed by atoms with van der Waals surface area (Å²) in [6, 6.07) is 1.42. The predicted molar refractivity (Wildman–Crippen MR) is 75.8 cm³/mol. The second-order valence-corrected chi connectivity index (χ2v) is 4.77. The Balaban J connectivity index is 1.83. The van der Waals surface area contributed by atoms with Crippen LogP contribution >= 0.6 is 0 Å². The van der Waals surface area contributed by atoms with Gasteiger partial charge in [-0.05, 0) is 32.3 Å². The van der Waals surface area contributed by atoms with Crippen molar-refractivity contribution in [3.8, 4) is 0 Å². The molecule has 0 aliphatic heterocycles. The first-order valence-corrected chi connectivity index (χ1v) is 6.54. The number of hydrogen-bond acceptors (Lipinski definition) is 3. The first-order valence-electron chi connectivity index (χ1n) is 6.54. The molecular weight excluding hydrogens is 256 g/mol. The maximum absolute atomic E-state index is 11.9. The zero-order chi connectivity index (χ0) is 14.5. The van der Waals surface area contributed by atoms with E-state index in [-0.39, 0.29) is 16.9 Å². The largest absolute Gasteiger partial charge is 0.364 e. The van der Waals surface area contributed by atoms with Crippen LogP contribution in [0.1, 0.15) is 33.7 Å². The fourth-order valence-electron chi connectivity index (χ4n) is 1.95. The zero-order valence-corrected chi connectivity index (χ0v) is 11.6. The van der Waals surface area contributed by atoms with E-state index in [4.69, 9.17) is 0 Å². The van der Waals surface area contributed by atoms with Gasteiger partial charge in [-0.3, -0.25) is 14.7 Å². The fraction of sp³-hybridized carbons (Fsp3) is 0.357. The molecule has 0 fully saturated rings. The van der Waals surface area contributed by atoms with Crippen LogP contribution in [-0.4, -0.2) is 27.6 Å². The van der Waals surface area contributed by atoms with Crippen LogP contribution in [0.3, 0.4) is 0 Å². The standard InChI is InChI=1S/C14H18N4O2/c1-9-6-13(19)12(8-16-9)14(20)15-5-3-4-11-7-17-18-10(11)2/h6-8H,3-5H2,1-2H3,(H,15,20)(H,16,19)(H,17,18). The molecular formula is C14H18N4O2. The summed E-state index contributed by atoms with van der Waals surface area (Å²) < 4.78 is 0. The average molecular weight is 274 g/mol. The maximum Gasteiger partial charge on any atom is 0.256 e. The topological polar surface area (TPSA) is 90.6 Å². The number of aryl methyl sites for hydroxylation is 3. The van der Waals surface area contributed by atoms with Crippen molar-refractivity contribution in [2.24, 2.45) is 0 Å². The molecule has 0 saturated heterocycles. The second-order valence-electron chi connectivity index (χ2n) is 4.77. The van der Waals surface area contributed by atoms with Crippen molar-refractivity contribution in [3.63, 3.8) is 0 Å². The zero-order valence-electron chi connectivity index (χ0n) is 11.6. The molecule has 2 heterocycles. The van der Waals surface area contributed by atoms with E-state index in [9.17, 15) is 9.59 Å². The number of aromatic nitrogens is 3. The van der Waals surface area contributed by atoms with Gasteiger partial charge in [-0.25, -0.2) is 0 Å². The lowest BCUT2D eigenvalue weighted by molar-refractivity contribution is 0.0952. The Morgan fingerprint density at radius 3 is 2.85 bits per heavy atom. The lowest BCUT2D eigenvalue weighted by atomic mass is 10.1. The number of nitrogens with zero attached hydrogens (tertiary/aromatic N) is 1. The molecule has 0 aliphatic carbocycles. The molecule has 0 aromatic carbocycles. The minimum absolute atomic E-state index is 0.148. The summed E-state index contributed by atoms with van der Waals surface area (Å²) in [7, 11) is 0. The van der Waals surface area contributed by atoms with Crippen LogP contribution in [0.4, 0.5) is 0 Å². The van der Waals surface area contributed by atoms with E-state index in [1.807, 2.05) is 6.92 Å². The molecule has 0 unspecified atom stereocenters. The van der Waals surface area contributed by atoms with Crippen molar-refractivity contribution >= 4 is 5.91 Å². The molecule has 0 saturated carbocycles. The average Bonchev–Trinajstić information content (AvgIpc) is 2.80. The summed E-state index contributed by atoms with van der Waals surface area (Å²) in [4.78, 5) is 26.4. The van der Waals surface area contributed by atoms with E-state index in [1.54, 1.807) is 13.1 Å². The Morgan fingerprint density at radius 2 is 2.20 bits per heavy atom. The van der Waals surface area contributed by atoms with Gasteiger partial charge in [-0.1, -0.05) is 0 Å². The summed E-state index contributed by atoms with van der Waals surface area (Å²) in [6.07, 6.45) is 4.89. The molecule has 0 aliphatic rings. The monoisotopic (exact) mass is 274 g/mol. The van der Waals surface area contributed by atoms with Gasteiger partial charge in [0.1, 0.15) is 5.56 Å². The lowest BCUT2D eigenvalue weighted by Gasteiger charge is -2.05. The number of pyridine rings is 1. The summed E-state index contributed by atoms with van der Waals surface area (Å²) >= 11 is 0. The number of aromatic amines is 2. The van der Waals surface area contributed by atoms with Gasteiger partial charge in [0.25, 0.3) is 5.91 Å². The van der Waals surface area contributed by atoms with E-state index in [1.165, 1.54) is 12.3 Å². The normalized spacial score (nSPS) is 10.5. The van der Waals surface area contributed by atoms with E-state index < -0.39 is 0 Å². The summed E-state index contributed by atoms with van der Waals surface area (Å²) in [5, 5.41) is 9.57. The highest BCUT2D eigenvalue weighted by molar-refractivity contribution is 5.93. The van der Waals surface area contributed by atoms with Crippen molar-refractivity contribution in [1.82, 2.24) is 20.5 Å². The number of amides is 1. The molecule has 20 heavy (non-hydrogen) atoms. The summed E-state index contributed by atoms with van der Waals surface area (Å²) in [5.41, 5.74) is 2.82. The Labute approximate surface area is 116 Å². The molecule has 3 N–H and O–H groups in total. The van der Waals surface area contributed by atoms with Gasteiger partial charge >= 0.3 is 0 Å². The molecule has 6 heteroatoms. The van der Waals surface area contributed by atoms with E-state index in [0.29, 0.717) is 6.54 Å². The fourth-order valence-corrected chi connectivity index (χ4v) is 1.95. The molecule has 106 valence electrons. The minimum Gasteiger partial charge on any atom is -0.364 e. The number of rotatable bonds is 5. The van der Waals surface area contributed by atoms with Crippen LogP contribution in [0.15, 0.2) is 23.3 Å². The van der Waals surface area contributed by atoms with Gasteiger partial charge < -0.3 is 10.3 Å². The number of carbonyl (C=O) groups excluding carboxylic acids is 1. The number of nitrogens with one attached hydrogen (secondary N) is 3. The van der Waals surface area contributed by atoms with Crippen molar-refractivity contribution in [1.29, 1.82) is 0 Å². The highest BCUT2D eigenvalue weighted by Crippen LogP contribution is 2.05. The summed E-state index contributed by atoms with van der Waals surface area (Å²) in [5.74, 6) is -0.338. The SMILES string of the molecule is Cc1cc(=O)c(C(=O)NCCCc2cn[nH]c2C)c[nH]1. The Kier molecular flexibility index (Phi) is 4.34. The molecule has 0 atom stereocenters. The molecule has 0 radical (unpaired) electrons. The Bertz CT molecular complexity index is 657. The summed E-state index contributed by atoms with van der Waals surface area (Å²) in [6.45, 7) is 4.26. The van der Waals surface area contributed by atoms with Crippen molar-refractivity contribution in [2.75, 3.05) is 6.54 Å². The third-order valence-corrected chi connectivity index (χ3v) is 3.14. The third kappa shape index (κ3) is 3.34. The Morgan fingerprint density at radius 1 is 1.40 bits per heavy atom. The van der Waals surface area contributed by atoms with Crippen LogP contribution < -0.4 is 10.7 Å². The van der Waals surface area contributed by atoms with E-state index in [2.05, 4.69) is 20.5 Å². The van der Waals surface area contributed by atoms with E-state index in [0.717, 1.165) is 29.8 Å². The van der Waals surface area contributed by atoms with Crippen molar-refractivity contribution in [3.05, 3.63) is 51.2 Å². The first-order chi connectivity index (χ1) is 9.58. The molecule has 2 aromatic rings. The van der Waals surface area contributed by atoms with Crippen molar-refractivity contribution < 1.29 is 4.79 Å². The van der Waals surface area contributed by atoms with Crippen LogP contribution in [0.25, 0.3) is 0 Å². The van der Waals surface area contributed by atoms with Gasteiger partial charge in [0, 0.05) is 30.2 Å². The molecule has 2 rings (SSSR count). The lowest BCUT2D eigenvalue weighted by Crippen LogP contribution is -2.29. The molecule has 0 bridgehead atoms. The van der Waals surface area contributed by atoms with Gasteiger partial charge in [0.2, 0.25) is 0 Å². The van der Waals surface area contributed by atoms with E-state index >= 15 is 0 Å². The predicted octanol–water partition coefficient (Wildman–Crippen LogP) is 1.08. The van der Waals surface area contributed by atoms with Gasteiger partial charge in [-0.2, -0.15) is 5.10 Å². The van der Waals surface area contributed by atoms with Crippen LogP contribution in [0.2, 0.25) is 0 Å². The molecule has 0 spiro atoms. The van der Waals surface area contributed by atoms with Crippen molar-refractivity contribution in [2.45, 2.75) is 26.7 Å². The van der Waals surface area contributed by atoms with Crippen LogP contribution in [0, 0.1) is 13.8 Å². The smallest absolute Gasteiger partial charge is 0.256 e. The second kappa shape index (κ2) is 6.18. The molecule has 6 nitrogen and oxygen atoms in total. The first kappa shape index (κ1) is 14.0. The maximum atomic E-state index is 11.9.